The van der Waals surface area contributed by atoms with E-state index in [9.17, 15) is 4.79 Å². The van der Waals surface area contributed by atoms with Crippen LogP contribution in [0.3, 0.4) is 0 Å². The number of carbonyl (C=O) groups excluding carboxylic acids is 1. The lowest BCUT2D eigenvalue weighted by molar-refractivity contribution is -0.106. The SMILES string of the molecule is C=C(C=O)C(C)OCC. The second-order valence-electron chi connectivity index (χ2n) is 1.79. The third-order valence-corrected chi connectivity index (χ3v) is 1.09. The van der Waals surface area contributed by atoms with E-state index in [4.69, 9.17) is 4.74 Å². The van der Waals surface area contributed by atoms with E-state index in [1.165, 1.54) is 0 Å². The summed E-state index contributed by atoms with van der Waals surface area (Å²) in [5.74, 6) is 0. The maximum Gasteiger partial charge on any atom is 0.148 e. The Bertz CT molecular complexity index is 107. The van der Waals surface area contributed by atoms with Gasteiger partial charge < -0.3 is 4.74 Å². The fourth-order valence-electron chi connectivity index (χ4n) is 0.453. The highest BCUT2D eigenvalue weighted by atomic mass is 16.5. The van der Waals surface area contributed by atoms with Gasteiger partial charge in [-0.3, -0.25) is 4.79 Å². The number of rotatable bonds is 4. The maximum atomic E-state index is 10.0. The first-order valence-corrected chi connectivity index (χ1v) is 2.98. The Balaban J connectivity index is 3.58. The summed E-state index contributed by atoms with van der Waals surface area (Å²) in [6, 6.07) is 0. The summed E-state index contributed by atoms with van der Waals surface area (Å²) < 4.78 is 5.06. The van der Waals surface area contributed by atoms with Crippen LogP contribution in [0.5, 0.6) is 0 Å². The normalized spacial score (nSPS) is 12.7. The molecular weight excluding hydrogens is 116 g/mol. The van der Waals surface area contributed by atoms with Gasteiger partial charge in [-0.2, -0.15) is 0 Å². The molecule has 0 bridgehead atoms. The molecule has 0 saturated carbocycles. The van der Waals surface area contributed by atoms with Crippen LogP contribution in [0.1, 0.15) is 13.8 Å². The molecule has 0 aliphatic heterocycles. The van der Waals surface area contributed by atoms with Crippen molar-refractivity contribution in [3.05, 3.63) is 12.2 Å². The first-order chi connectivity index (χ1) is 4.22. The molecule has 0 saturated heterocycles. The molecule has 9 heavy (non-hydrogen) atoms. The van der Waals surface area contributed by atoms with E-state index < -0.39 is 0 Å². The Morgan fingerprint density at radius 2 is 2.44 bits per heavy atom. The standard InChI is InChI=1S/C7H12O2/c1-4-9-7(3)6(2)5-8/h5,7H,2,4H2,1,3H3. The molecule has 2 heteroatoms. The largest absolute Gasteiger partial charge is 0.374 e. The van der Waals surface area contributed by atoms with E-state index in [-0.39, 0.29) is 6.10 Å². The van der Waals surface area contributed by atoms with Crippen LogP contribution in [0, 0.1) is 0 Å². The molecule has 0 heterocycles. The first kappa shape index (κ1) is 8.37. The summed E-state index contributed by atoms with van der Waals surface area (Å²) in [7, 11) is 0. The average Bonchev–Trinajstić information content (AvgIpc) is 1.87. The molecule has 0 N–H and O–H groups in total. The highest BCUT2D eigenvalue weighted by Crippen LogP contribution is 1.98. The van der Waals surface area contributed by atoms with Gasteiger partial charge in [-0.05, 0) is 13.8 Å². The summed E-state index contributed by atoms with van der Waals surface area (Å²) in [5, 5.41) is 0. The van der Waals surface area contributed by atoms with Crippen molar-refractivity contribution in [1.29, 1.82) is 0 Å². The molecule has 0 rings (SSSR count). The Labute approximate surface area is 55.5 Å². The van der Waals surface area contributed by atoms with Gasteiger partial charge in [-0.1, -0.05) is 6.58 Å². The van der Waals surface area contributed by atoms with Gasteiger partial charge in [0.05, 0.1) is 6.10 Å². The van der Waals surface area contributed by atoms with E-state index in [0.717, 1.165) is 6.29 Å². The van der Waals surface area contributed by atoms with Gasteiger partial charge in [-0.15, -0.1) is 0 Å². The molecule has 0 spiro atoms. The minimum atomic E-state index is -0.132. The zero-order valence-electron chi connectivity index (χ0n) is 5.89. The molecule has 52 valence electrons. The number of hydrogen-bond donors (Lipinski definition) is 0. The second-order valence-corrected chi connectivity index (χ2v) is 1.79. The Hall–Kier alpha value is -0.630. The summed E-state index contributed by atoms with van der Waals surface area (Å²) >= 11 is 0. The first-order valence-electron chi connectivity index (χ1n) is 2.98. The van der Waals surface area contributed by atoms with E-state index in [1.54, 1.807) is 6.92 Å². The minimum Gasteiger partial charge on any atom is -0.374 e. The highest BCUT2D eigenvalue weighted by molar-refractivity contribution is 5.73. The quantitative estimate of drug-likeness (QED) is 0.419. The number of aldehydes is 1. The van der Waals surface area contributed by atoms with Crippen molar-refractivity contribution < 1.29 is 9.53 Å². The molecule has 0 aliphatic rings. The van der Waals surface area contributed by atoms with E-state index >= 15 is 0 Å². The van der Waals surface area contributed by atoms with Crippen LogP contribution in [-0.2, 0) is 9.53 Å². The van der Waals surface area contributed by atoms with Gasteiger partial charge in [0.2, 0.25) is 0 Å². The Morgan fingerprint density at radius 1 is 1.89 bits per heavy atom. The van der Waals surface area contributed by atoms with Crippen LogP contribution in [0.15, 0.2) is 12.2 Å². The minimum absolute atomic E-state index is 0.132. The van der Waals surface area contributed by atoms with Crippen molar-refractivity contribution in [1.82, 2.24) is 0 Å². The zero-order chi connectivity index (χ0) is 7.28. The van der Waals surface area contributed by atoms with Crippen molar-refractivity contribution >= 4 is 6.29 Å². The van der Waals surface area contributed by atoms with Gasteiger partial charge >= 0.3 is 0 Å². The lowest BCUT2D eigenvalue weighted by atomic mass is 10.2. The second kappa shape index (κ2) is 4.27. The van der Waals surface area contributed by atoms with Crippen LogP contribution in [0.4, 0.5) is 0 Å². The van der Waals surface area contributed by atoms with Crippen LogP contribution in [0.2, 0.25) is 0 Å². The van der Waals surface area contributed by atoms with Gasteiger partial charge in [0.15, 0.2) is 0 Å². The molecule has 2 nitrogen and oxygen atoms in total. The van der Waals surface area contributed by atoms with Gasteiger partial charge in [0.25, 0.3) is 0 Å². The Morgan fingerprint density at radius 3 is 2.78 bits per heavy atom. The summed E-state index contributed by atoms with van der Waals surface area (Å²) in [6.07, 6.45) is 0.591. The predicted octanol–water partition coefficient (Wildman–Crippen LogP) is 1.17. The topological polar surface area (TPSA) is 26.3 Å². The van der Waals surface area contributed by atoms with Gasteiger partial charge in [0.1, 0.15) is 6.29 Å². The van der Waals surface area contributed by atoms with Crippen LogP contribution in [0.25, 0.3) is 0 Å². The maximum absolute atomic E-state index is 10.0. The average molecular weight is 128 g/mol. The molecular formula is C7H12O2. The van der Waals surface area contributed by atoms with Crippen molar-refractivity contribution in [2.45, 2.75) is 20.0 Å². The van der Waals surface area contributed by atoms with Crippen molar-refractivity contribution in [3.8, 4) is 0 Å². The predicted molar refractivity (Wildman–Crippen MR) is 36.3 cm³/mol. The van der Waals surface area contributed by atoms with E-state index in [0.29, 0.717) is 12.2 Å². The number of hydrogen-bond acceptors (Lipinski definition) is 2. The fourth-order valence-corrected chi connectivity index (χ4v) is 0.453. The Kier molecular flexibility index (Phi) is 3.97. The fraction of sp³-hybridized carbons (Fsp3) is 0.571. The zero-order valence-corrected chi connectivity index (χ0v) is 5.89. The summed E-state index contributed by atoms with van der Waals surface area (Å²) in [4.78, 5) is 10.0. The molecule has 0 amide bonds. The summed E-state index contributed by atoms with van der Waals surface area (Å²) in [5.41, 5.74) is 0.497. The molecule has 1 unspecified atom stereocenters. The van der Waals surface area contributed by atoms with Crippen LogP contribution in [-0.4, -0.2) is 19.0 Å². The highest BCUT2D eigenvalue weighted by Gasteiger charge is 2.02. The lowest BCUT2D eigenvalue weighted by Crippen LogP contribution is -2.10. The van der Waals surface area contributed by atoms with Crippen LogP contribution >= 0.6 is 0 Å². The molecule has 0 fully saturated rings. The third-order valence-electron chi connectivity index (χ3n) is 1.09. The third kappa shape index (κ3) is 3.03. The van der Waals surface area contributed by atoms with Crippen molar-refractivity contribution in [3.63, 3.8) is 0 Å². The van der Waals surface area contributed by atoms with Gasteiger partial charge in [-0.25, -0.2) is 0 Å². The molecule has 1 atom stereocenters. The van der Waals surface area contributed by atoms with E-state index in [1.807, 2.05) is 6.92 Å². The monoisotopic (exact) mass is 128 g/mol. The number of carbonyl (C=O) groups is 1. The van der Waals surface area contributed by atoms with Crippen molar-refractivity contribution in [2.75, 3.05) is 6.61 Å². The van der Waals surface area contributed by atoms with Crippen LogP contribution < -0.4 is 0 Å². The van der Waals surface area contributed by atoms with Crippen molar-refractivity contribution in [2.24, 2.45) is 0 Å². The molecule has 0 aromatic heterocycles. The lowest BCUT2D eigenvalue weighted by Gasteiger charge is -2.08. The molecule has 0 radical (unpaired) electrons. The smallest absolute Gasteiger partial charge is 0.148 e. The van der Waals surface area contributed by atoms with Gasteiger partial charge in [0, 0.05) is 12.2 Å². The molecule has 0 aromatic carbocycles. The molecule has 0 aliphatic carbocycles. The molecule has 0 aromatic rings. The summed E-state index contributed by atoms with van der Waals surface area (Å²) in [6.45, 7) is 7.81. The van der Waals surface area contributed by atoms with E-state index in [2.05, 4.69) is 6.58 Å². The number of ether oxygens (including phenoxy) is 1.